The molecular formula is C11H21N3O4. The van der Waals surface area contributed by atoms with E-state index in [9.17, 15) is 14.4 Å². The molecule has 0 saturated carbocycles. The highest BCUT2D eigenvalue weighted by atomic mass is 16.3. The van der Waals surface area contributed by atoms with Crippen LogP contribution in [0.25, 0.3) is 0 Å². The Morgan fingerprint density at radius 1 is 1.17 bits per heavy atom. The molecule has 7 nitrogen and oxygen atoms in total. The summed E-state index contributed by atoms with van der Waals surface area (Å²) in [6.45, 7) is -0.474. The molecule has 0 fully saturated rings. The van der Waals surface area contributed by atoms with Crippen LogP contribution in [0.3, 0.4) is 0 Å². The maximum Gasteiger partial charge on any atom is 0.257 e. The lowest BCUT2D eigenvalue weighted by molar-refractivity contribution is -0.130. The molecule has 7 heteroatoms. The highest BCUT2D eigenvalue weighted by Crippen LogP contribution is 2.03. The van der Waals surface area contributed by atoms with Crippen LogP contribution >= 0.6 is 0 Å². The Labute approximate surface area is 106 Å². The molecule has 1 atom stereocenters. The highest BCUT2D eigenvalue weighted by Gasteiger charge is 2.12. The van der Waals surface area contributed by atoms with Crippen LogP contribution in [0.5, 0.6) is 0 Å². The summed E-state index contributed by atoms with van der Waals surface area (Å²) in [4.78, 5) is 32.4. The first-order valence-electron chi connectivity index (χ1n) is 6.00. The molecule has 0 aromatic heterocycles. The van der Waals surface area contributed by atoms with Crippen molar-refractivity contribution in [2.45, 2.75) is 44.6 Å². The average molecular weight is 259 g/mol. The van der Waals surface area contributed by atoms with E-state index < -0.39 is 18.6 Å². The zero-order chi connectivity index (χ0) is 13.8. The molecule has 0 aliphatic heterocycles. The predicted molar refractivity (Wildman–Crippen MR) is 65.1 cm³/mol. The molecule has 0 heterocycles. The third-order valence-corrected chi connectivity index (χ3v) is 2.33. The van der Waals surface area contributed by atoms with E-state index >= 15 is 0 Å². The van der Waals surface area contributed by atoms with Crippen LogP contribution in [0.15, 0.2) is 0 Å². The Balaban J connectivity index is 3.48. The van der Waals surface area contributed by atoms with Gasteiger partial charge in [0.2, 0.25) is 5.91 Å². The lowest BCUT2D eigenvalue weighted by Crippen LogP contribution is -2.50. The second kappa shape index (κ2) is 10.7. The molecule has 104 valence electrons. The first kappa shape index (κ1) is 16.5. The number of aliphatic hydroxyl groups is 1. The number of unbranched alkanes of at least 4 members (excludes halogenated alkanes) is 4. The normalized spacial score (nSPS) is 11.7. The van der Waals surface area contributed by atoms with Crippen LogP contribution in [0, 0.1) is 0 Å². The molecule has 5 N–H and O–H groups in total. The fourth-order valence-corrected chi connectivity index (χ4v) is 1.24. The van der Waals surface area contributed by atoms with Gasteiger partial charge in [0.05, 0.1) is 6.61 Å². The number of nitrogens with two attached hydrogens (primary N) is 1. The van der Waals surface area contributed by atoms with E-state index in [2.05, 4.69) is 10.9 Å². The zero-order valence-electron chi connectivity index (χ0n) is 10.4. The van der Waals surface area contributed by atoms with Gasteiger partial charge in [-0.1, -0.05) is 12.8 Å². The summed E-state index contributed by atoms with van der Waals surface area (Å²) in [5, 5.41) is 8.59. The number of hydrogen-bond acceptors (Lipinski definition) is 5. The van der Waals surface area contributed by atoms with Gasteiger partial charge in [0.25, 0.3) is 5.91 Å². The van der Waals surface area contributed by atoms with Gasteiger partial charge in [-0.25, -0.2) is 0 Å². The van der Waals surface area contributed by atoms with E-state index in [1.165, 1.54) is 0 Å². The summed E-state index contributed by atoms with van der Waals surface area (Å²) in [7, 11) is 0. The van der Waals surface area contributed by atoms with E-state index in [4.69, 9.17) is 10.8 Å². The Morgan fingerprint density at radius 3 is 2.44 bits per heavy atom. The van der Waals surface area contributed by atoms with Crippen molar-refractivity contribution in [1.82, 2.24) is 10.9 Å². The van der Waals surface area contributed by atoms with Crippen LogP contribution in [0.4, 0.5) is 0 Å². The van der Waals surface area contributed by atoms with Crippen molar-refractivity contribution in [3.63, 3.8) is 0 Å². The quantitative estimate of drug-likeness (QED) is 0.240. The van der Waals surface area contributed by atoms with E-state index in [0.717, 1.165) is 25.5 Å². The summed E-state index contributed by atoms with van der Waals surface area (Å²) < 4.78 is 0. The van der Waals surface area contributed by atoms with Crippen molar-refractivity contribution < 1.29 is 19.5 Å². The Morgan fingerprint density at radius 2 is 1.83 bits per heavy atom. The number of hydrazine groups is 1. The number of aldehydes is 1. The molecule has 18 heavy (non-hydrogen) atoms. The fourth-order valence-electron chi connectivity index (χ4n) is 1.24. The molecule has 0 rings (SSSR count). The van der Waals surface area contributed by atoms with Crippen LogP contribution in [-0.2, 0) is 14.4 Å². The van der Waals surface area contributed by atoms with Crippen LogP contribution in [0.2, 0.25) is 0 Å². The summed E-state index contributed by atoms with van der Waals surface area (Å²) in [6, 6.07) is -1.03. The van der Waals surface area contributed by atoms with Crippen LogP contribution in [0.1, 0.15) is 38.5 Å². The Hall–Kier alpha value is -1.47. The highest BCUT2D eigenvalue weighted by molar-refractivity contribution is 5.85. The second-order valence-corrected chi connectivity index (χ2v) is 3.95. The third kappa shape index (κ3) is 8.66. The number of carbonyl (C=O) groups excluding carboxylic acids is 3. The minimum Gasteiger partial charge on any atom is -0.394 e. The zero-order valence-corrected chi connectivity index (χ0v) is 10.4. The van der Waals surface area contributed by atoms with Crippen molar-refractivity contribution in [1.29, 1.82) is 0 Å². The summed E-state index contributed by atoms with van der Waals surface area (Å²) >= 11 is 0. The van der Waals surface area contributed by atoms with E-state index in [1.54, 1.807) is 0 Å². The van der Waals surface area contributed by atoms with Gasteiger partial charge in [-0.05, 0) is 12.8 Å². The molecule has 2 amide bonds. The lowest BCUT2D eigenvalue weighted by Gasteiger charge is -2.10. The van der Waals surface area contributed by atoms with Crippen LogP contribution in [-0.4, -0.2) is 35.9 Å². The Kier molecular flexibility index (Phi) is 9.80. The molecule has 0 aliphatic carbocycles. The monoisotopic (exact) mass is 259 g/mol. The number of aliphatic hydroxyl groups excluding tert-OH is 1. The second-order valence-electron chi connectivity index (χ2n) is 3.95. The number of nitrogens with one attached hydrogen (secondary N) is 2. The van der Waals surface area contributed by atoms with Gasteiger partial charge in [0, 0.05) is 12.8 Å². The average Bonchev–Trinajstić information content (AvgIpc) is 2.38. The molecule has 0 aromatic carbocycles. The van der Waals surface area contributed by atoms with Crippen molar-refractivity contribution in [2.24, 2.45) is 5.73 Å². The summed E-state index contributed by atoms with van der Waals surface area (Å²) in [5.41, 5.74) is 9.57. The SMILES string of the molecule is NC(CO)C(=O)NNC(=O)CCCCCCC=O. The van der Waals surface area contributed by atoms with Gasteiger partial charge in [-0.2, -0.15) is 0 Å². The van der Waals surface area contributed by atoms with Crippen molar-refractivity contribution in [3.05, 3.63) is 0 Å². The number of carbonyl (C=O) groups is 3. The summed E-state index contributed by atoms with van der Waals surface area (Å²) in [5.74, 6) is -0.930. The molecule has 0 spiro atoms. The Bertz CT molecular complexity index is 271. The number of amides is 2. The van der Waals surface area contributed by atoms with Gasteiger partial charge in [-0.3, -0.25) is 20.4 Å². The first-order valence-corrected chi connectivity index (χ1v) is 6.00. The smallest absolute Gasteiger partial charge is 0.257 e. The fraction of sp³-hybridized carbons (Fsp3) is 0.727. The standard InChI is InChI=1S/C11H21N3O4/c12-9(8-16)11(18)14-13-10(17)6-4-2-1-3-5-7-15/h7,9,16H,1-6,8,12H2,(H,13,17)(H,14,18). The van der Waals surface area contributed by atoms with Gasteiger partial charge >= 0.3 is 0 Å². The minimum absolute atomic E-state index is 0.301. The predicted octanol–water partition coefficient (Wildman–Crippen LogP) is -1.01. The first-order chi connectivity index (χ1) is 8.61. The molecular weight excluding hydrogens is 238 g/mol. The number of hydrogen-bond donors (Lipinski definition) is 4. The molecule has 0 aliphatic rings. The minimum atomic E-state index is -1.03. The maximum absolute atomic E-state index is 11.3. The molecule has 0 aromatic rings. The molecule has 0 radical (unpaired) electrons. The topological polar surface area (TPSA) is 122 Å². The summed E-state index contributed by atoms with van der Waals surface area (Å²) in [6.07, 6.45) is 5.06. The lowest BCUT2D eigenvalue weighted by atomic mass is 10.1. The van der Waals surface area contributed by atoms with E-state index in [0.29, 0.717) is 19.3 Å². The van der Waals surface area contributed by atoms with Crippen molar-refractivity contribution in [3.8, 4) is 0 Å². The van der Waals surface area contributed by atoms with Gasteiger partial charge in [0.1, 0.15) is 12.3 Å². The van der Waals surface area contributed by atoms with Gasteiger partial charge < -0.3 is 15.6 Å². The van der Waals surface area contributed by atoms with E-state index in [-0.39, 0.29) is 5.91 Å². The van der Waals surface area contributed by atoms with Crippen molar-refractivity contribution >= 4 is 18.1 Å². The molecule has 1 unspecified atom stereocenters. The van der Waals surface area contributed by atoms with E-state index in [1.807, 2.05) is 0 Å². The van der Waals surface area contributed by atoms with Gasteiger partial charge in [-0.15, -0.1) is 0 Å². The number of rotatable bonds is 9. The molecule has 0 bridgehead atoms. The van der Waals surface area contributed by atoms with Crippen molar-refractivity contribution in [2.75, 3.05) is 6.61 Å². The third-order valence-electron chi connectivity index (χ3n) is 2.33. The maximum atomic E-state index is 11.3. The molecule has 0 saturated heterocycles. The largest absolute Gasteiger partial charge is 0.394 e. The van der Waals surface area contributed by atoms with Crippen LogP contribution < -0.4 is 16.6 Å². The van der Waals surface area contributed by atoms with Gasteiger partial charge in [0.15, 0.2) is 0 Å².